The molecule has 0 atom stereocenters. The zero-order valence-electron chi connectivity index (χ0n) is 11.4. The zero-order chi connectivity index (χ0) is 16.1. The molecule has 22 heavy (non-hydrogen) atoms. The van der Waals surface area contributed by atoms with Gasteiger partial charge in [-0.25, -0.2) is 0 Å². The van der Waals surface area contributed by atoms with Gasteiger partial charge < -0.3 is 10.5 Å². The number of carbonyl (C=O) groups excluding carboxylic acids is 1. The highest BCUT2D eigenvalue weighted by Gasteiger charge is 2.09. The van der Waals surface area contributed by atoms with E-state index in [0.717, 1.165) is 24.0 Å². The Kier molecular flexibility index (Phi) is 6.51. The SMILES string of the molecule is NC(=O)/C=C/c1cc(I)c(OCc2ccccc2Cl)c(I)c1. The predicted octanol–water partition coefficient (Wildman–Crippen LogP) is 4.63. The molecule has 0 aliphatic carbocycles. The monoisotopic (exact) mass is 539 g/mol. The van der Waals surface area contributed by atoms with E-state index in [4.69, 9.17) is 22.1 Å². The van der Waals surface area contributed by atoms with Crippen LogP contribution in [0.15, 0.2) is 42.5 Å². The topological polar surface area (TPSA) is 52.3 Å². The number of ether oxygens (including phenoxy) is 1. The van der Waals surface area contributed by atoms with Crippen molar-refractivity contribution in [3.63, 3.8) is 0 Å². The molecule has 2 N–H and O–H groups in total. The summed E-state index contributed by atoms with van der Waals surface area (Å²) in [4.78, 5) is 10.8. The molecule has 114 valence electrons. The maximum atomic E-state index is 10.8. The van der Waals surface area contributed by atoms with Crippen molar-refractivity contribution in [3.8, 4) is 5.75 Å². The summed E-state index contributed by atoms with van der Waals surface area (Å²) in [6, 6.07) is 11.5. The van der Waals surface area contributed by atoms with Gasteiger partial charge in [0.1, 0.15) is 12.4 Å². The summed E-state index contributed by atoms with van der Waals surface area (Å²) in [5, 5.41) is 0.688. The molecule has 0 unspecified atom stereocenters. The number of primary amides is 1. The van der Waals surface area contributed by atoms with Crippen molar-refractivity contribution in [1.82, 2.24) is 0 Å². The summed E-state index contributed by atoms with van der Waals surface area (Å²) in [6.07, 6.45) is 3.02. The molecule has 0 aliphatic rings. The van der Waals surface area contributed by atoms with Gasteiger partial charge in [0.15, 0.2) is 0 Å². The Balaban J connectivity index is 2.18. The molecule has 0 radical (unpaired) electrons. The minimum atomic E-state index is -0.468. The van der Waals surface area contributed by atoms with E-state index in [1.165, 1.54) is 6.08 Å². The minimum absolute atomic E-state index is 0.405. The van der Waals surface area contributed by atoms with Crippen LogP contribution in [0.25, 0.3) is 6.08 Å². The van der Waals surface area contributed by atoms with E-state index in [1.54, 1.807) is 6.08 Å². The maximum absolute atomic E-state index is 10.8. The first kappa shape index (κ1) is 17.6. The van der Waals surface area contributed by atoms with Gasteiger partial charge in [-0.2, -0.15) is 0 Å². The fourth-order valence-electron chi connectivity index (χ4n) is 1.76. The molecule has 0 saturated heterocycles. The lowest BCUT2D eigenvalue weighted by Crippen LogP contribution is -2.05. The van der Waals surface area contributed by atoms with E-state index < -0.39 is 5.91 Å². The van der Waals surface area contributed by atoms with E-state index in [1.807, 2.05) is 36.4 Å². The predicted molar refractivity (Wildman–Crippen MR) is 106 cm³/mol. The van der Waals surface area contributed by atoms with Gasteiger partial charge in [0.05, 0.1) is 7.14 Å². The van der Waals surface area contributed by atoms with Crippen LogP contribution in [0, 0.1) is 7.14 Å². The number of hydrogen-bond acceptors (Lipinski definition) is 2. The molecule has 6 heteroatoms. The van der Waals surface area contributed by atoms with E-state index in [-0.39, 0.29) is 0 Å². The quantitative estimate of drug-likeness (QED) is 0.445. The largest absolute Gasteiger partial charge is 0.487 e. The number of halogens is 3. The van der Waals surface area contributed by atoms with Crippen molar-refractivity contribution in [3.05, 3.63) is 65.8 Å². The van der Waals surface area contributed by atoms with Crippen LogP contribution in [-0.4, -0.2) is 5.91 Å². The highest BCUT2D eigenvalue weighted by molar-refractivity contribution is 14.1. The number of benzene rings is 2. The zero-order valence-corrected chi connectivity index (χ0v) is 16.4. The fraction of sp³-hybridized carbons (Fsp3) is 0.0625. The summed E-state index contributed by atoms with van der Waals surface area (Å²) in [5.74, 6) is 0.335. The second kappa shape index (κ2) is 8.16. The third-order valence-electron chi connectivity index (χ3n) is 2.79. The van der Waals surface area contributed by atoms with Crippen LogP contribution in [0.5, 0.6) is 5.75 Å². The van der Waals surface area contributed by atoms with Gasteiger partial charge in [0.2, 0.25) is 5.91 Å². The second-order valence-electron chi connectivity index (χ2n) is 4.43. The number of amides is 1. The van der Waals surface area contributed by atoms with Crippen molar-refractivity contribution in [2.75, 3.05) is 0 Å². The summed E-state index contributed by atoms with van der Waals surface area (Å²) >= 11 is 10.5. The van der Waals surface area contributed by atoms with Crippen molar-refractivity contribution in [1.29, 1.82) is 0 Å². The standard InChI is InChI=1S/C16H12ClI2NO2/c17-12-4-2-1-3-11(12)9-22-16-13(18)7-10(8-14(16)19)5-6-15(20)21/h1-8H,9H2,(H2,20,21)/b6-5+. The Bertz CT molecular complexity index is 709. The molecular formula is C16H12ClI2NO2. The maximum Gasteiger partial charge on any atom is 0.241 e. The molecule has 1 amide bonds. The molecule has 2 aromatic carbocycles. The van der Waals surface area contributed by atoms with Crippen molar-refractivity contribution < 1.29 is 9.53 Å². The first-order valence-electron chi connectivity index (χ1n) is 6.30. The highest BCUT2D eigenvalue weighted by atomic mass is 127. The van der Waals surface area contributed by atoms with Gasteiger partial charge in [0, 0.05) is 16.7 Å². The van der Waals surface area contributed by atoms with Crippen molar-refractivity contribution >= 4 is 68.8 Å². The molecule has 2 rings (SSSR count). The average molecular weight is 540 g/mol. The van der Waals surface area contributed by atoms with Crippen LogP contribution in [0.1, 0.15) is 11.1 Å². The molecule has 3 nitrogen and oxygen atoms in total. The van der Waals surface area contributed by atoms with Crippen LogP contribution in [0.4, 0.5) is 0 Å². The van der Waals surface area contributed by atoms with Gasteiger partial charge in [-0.3, -0.25) is 4.79 Å². The Morgan fingerprint density at radius 2 is 1.86 bits per heavy atom. The molecule has 0 aromatic heterocycles. The average Bonchev–Trinajstić information content (AvgIpc) is 2.46. The number of rotatable bonds is 5. The Morgan fingerprint density at radius 1 is 1.23 bits per heavy atom. The lowest BCUT2D eigenvalue weighted by atomic mass is 10.2. The van der Waals surface area contributed by atoms with Crippen LogP contribution >= 0.6 is 56.8 Å². The lowest BCUT2D eigenvalue weighted by molar-refractivity contribution is -0.113. The van der Waals surface area contributed by atoms with Crippen LogP contribution in [0.2, 0.25) is 5.02 Å². The van der Waals surface area contributed by atoms with Crippen LogP contribution < -0.4 is 10.5 Å². The van der Waals surface area contributed by atoms with Gasteiger partial charge >= 0.3 is 0 Å². The van der Waals surface area contributed by atoms with Gasteiger partial charge in [-0.05, 0) is 75.0 Å². The van der Waals surface area contributed by atoms with E-state index in [0.29, 0.717) is 11.6 Å². The molecular weight excluding hydrogens is 527 g/mol. The lowest BCUT2D eigenvalue weighted by Gasteiger charge is -2.12. The number of carbonyl (C=O) groups is 1. The van der Waals surface area contributed by atoms with Gasteiger partial charge in [0.25, 0.3) is 0 Å². The molecule has 2 aromatic rings. The molecule has 0 fully saturated rings. The first-order valence-corrected chi connectivity index (χ1v) is 8.83. The highest BCUT2D eigenvalue weighted by Crippen LogP contribution is 2.30. The van der Waals surface area contributed by atoms with Crippen molar-refractivity contribution in [2.24, 2.45) is 5.73 Å². The summed E-state index contributed by atoms with van der Waals surface area (Å²) < 4.78 is 7.82. The Labute approximate surface area is 161 Å². The molecule has 0 aliphatic heterocycles. The Morgan fingerprint density at radius 3 is 2.45 bits per heavy atom. The van der Waals surface area contributed by atoms with E-state index in [2.05, 4.69) is 45.2 Å². The summed E-state index contributed by atoms with van der Waals surface area (Å²) in [6.45, 7) is 0.405. The third-order valence-corrected chi connectivity index (χ3v) is 4.76. The smallest absolute Gasteiger partial charge is 0.241 e. The number of nitrogens with two attached hydrogens (primary N) is 1. The summed E-state index contributed by atoms with van der Waals surface area (Å²) in [5.41, 5.74) is 6.94. The molecule has 0 bridgehead atoms. The normalized spacial score (nSPS) is 10.9. The third kappa shape index (κ3) is 4.85. The fourth-order valence-corrected chi connectivity index (χ4v) is 4.08. The van der Waals surface area contributed by atoms with Gasteiger partial charge in [-0.1, -0.05) is 29.8 Å². The molecule has 0 heterocycles. The second-order valence-corrected chi connectivity index (χ2v) is 7.16. The van der Waals surface area contributed by atoms with Crippen LogP contribution in [0.3, 0.4) is 0 Å². The molecule has 0 spiro atoms. The van der Waals surface area contributed by atoms with E-state index in [9.17, 15) is 4.79 Å². The minimum Gasteiger partial charge on any atom is -0.487 e. The number of hydrogen-bond donors (Lipinski definition) is 1. The van der Waals surface area contributed by atoms with Crippen molar-refractivity contribution in [2.45, 2.75) is 6.61 Å². The van der Waals surface area contributed by atoms with Crippen LogP contribution in [-0.2, 0) is 11.4 Å². The van der Waals surface area contributed by atoms with Gasteiger partial charge in [-0.15, -0.1) is 0 Å². The summed E-state index contributed by atoms with van der Waals surface area (Å²) in [7, 11) is 0. The van der Waals surface area contributed by atoms with E-state index >= 15 is 0 Å². The molecule has 0 saturated carbocycles. The first-order chi connectivity index (χ1) is 10.5. The Hall–Kier alpha value is -0.800.